The second-order valence-corrected chi connectivity index (χ2v) is 4.11. The zero-order valence-electron chi connectivity index (χ0n) is 9.52. The highest BCUT2D eigenvalue weighted by Crippen LogP contribution is 2.29. The lowest BCUT2D eigenvalue weighted by atomic mass is 10.0. The molecule has 90 valence electrons. The fraction of sp³-hybridized carbons (Fsp3) is 0.800. The van der Waals surface area contributed by atoms with Gasteiger partial charge in [0.25, 0.3) is 0 Å². The average Bonchev–Trinajstić information content (AvgIpc) is 2.89. The predicted octanol–water partition coefficient (Wildman–Crippen LogP) is -0.265. The number of aromatic nitrogens is 3. The van der Waals surface area contributed by atoms with Gasteiger partial charge < -0.3 is 9.84 Å². The molecule has 0 spiro atoms. The first-order valence-electron chi connectivity index (χ1n) is 5.63. The molecule has 0 aromatic carbocycles. The van der Waals surface area contributed by atoms with Crippen LogP contribution in [0.1, 0.15) is 19.0 Å². The van der Waals surface area contributed by atoms with Crippen LogP contribution in [0.2, 0.25) is 0 Å². The number of hydrogen-bond donors (Lipinski definition) is 2. The Balaban J connectivity index is 1.87. The summed E-state index contributed by atoms with van der Waals surface area (Å²) >= 11 is 0. The standard InChI is InChI=1S/C10H18N4O2/c1-2-16-6-5-14-4-3-10(15,8-14)9-7-11-13-12-9/h7,15H,2-6,8H2,1H3,(H,11,12,13). The molecule has 0 aliphatic carbocycles. The summed E-state index contributed by atoms with van der Waals surface area (Å²) in [5.74, 6) is 0. The average molecular weight is 226 g/mol. The quantitative estimate of drug-likeness (QED) is 0.676. The van der Waals surface area contributed by atoms with Crippen molar-refractivity contribution in [3.63, 3.8) is 0 Å². The van der Waals surface area contributed by atoms with Crippen molar-refractivity contribution >= 4 is 0 Å². The molecule has 1 aliphatic heterocycles. The molecule has 6 nitrogen and oxygen atoms in total. The summed E-state index contributed by atoms with van der Waals surface area (Å²) in [5, 5.41) is 20.6. The van der Waals surface area contributed by atoms with E-state index in [0.717, 1.165) is 19.7 Å². The van der Waals surface area contributed by atoms with E-state index in [1.54, 1.807) is 6.20 Å². The van der Waals surface area contributed by atoms with E-state index in [2.05, 4.69) is 20.3 Å². The molecule has 1 aliphatic rings. The van der Waals surface area contributed by atoms with Crippen LogP contribution in [0.25, 0.3) is 0 Å². The van der Waals surface area contributed by atoms with Crippen LogP contribution >= 0.6 is 0 Å². The van der Waals surface area contributed by atoms with E-state index in [1.807, 2.05) is 6.92 Å². The summed E-state index contributed by atoms with van der Waals surface area (Å²) < 4.78 is 5.30. The van der Waals surface area contributed by atoms with Gasteiger partial charge in [-0.1, -0.05) is 0 Å². The van der Waals surface area contributed by atoms with Crippen LogP contribution in [0.4, 0.5) is 0 Å². The Kier molecular flexibility index (Phi) is 3.52. The third-order valence-corrected chi connectivity index (χ3v) is 2.97. The summed E-state index contributed by atoms with van der Waals surface area (Å²) in [6.07, 6.45) is 2.29. The van der Waals surface area contributed by atoms with Crippen molar-refractivity contribution in [3.8, 4) is 0 Å². The van der Waals surface area contributed by atoms with E-state index < -0.39 is 5.60 Å². The number of likely N-dealkylation sites (tertiary alicyclic amines) is 1. The first kappa shape index (κ1) is 11.5. The lowest BCUT2D eigenvalue weighted by Gasteiger charge is -2.20. The van der Waals surface area contributed by atoms with Crippen molar-refractivity contribution in [2.75, 3.05) is 32.8 Å². The molecule has 6 heteroatoms. The molecule has 1 atom stereocenters. The summed E-state index contributed by atoms with van der Waals surface area (Å²) in [4.78, 5) is 2.18. The maximum Gasteiger partial charge on any atom is 0.124 e. The highest BCUT2D eigenvalue weighted by Gasteiger charge is 2.39. The molecule has 2 rings (SSSR count). The van der Waals surface area contributed by atoms with Crippen molar-refractivity contribution in [1.29, 1.82) is 0 Å². The van der Waals surface area contributed by atoms with Gasteiger partial charge in [0, 0.05) is 26.2 Å². The second-order valence-electron chi connectivity index (χ2n) is 4.11. The Hall–Kier alpha value is -0.980. The van der Waals surface area contributed by atoms with Gasteiger partial charge in [-0.2, -0.15) is 15.4 Å². The van der Waals surface area contributed by atoms with Gasteiger partial charge in [-0.25, -0.2) is 0 Å². The van der Waals surface area contributed by atoms with Crippen LogP contribution in [0.3, 0.4) is 0 Å². The molecule has 16 heavy (non-hydrogen) atoms. The Labute approximate surface area is 94.6 Å². The zero-order chi connectivity index (χ0) is 11.4. The van der Waals surface area contributed by atoms with Crippen LogP contribution < -0.4 is 0 Å². The van der Waals surface area contributed by atoms with Gasteiger partial charge in [0.2, 0.25) is 0 Å². The van der Waals surface area contributed by atoms with Crippen LogP contribution in [0.15, 0.2) is 6.20 Å². The van der Waals surface area contributed by atoms with E-state index >= 15 is 0 Å². The number of nitrogens with zero attached hydrogens (tertiary/aromatic N) is 3. The molecule has 0 saturated carbocycles. The monoisotopic (exact) mass is 226 g/mol. The highest BCUT2D eigenvalue weighted by atomic mass is 16.5. The summed E-state index contributed by atoms with van der Waals surface area (Å²) in [6, 6.07) is 0. The zero-order valence-corrected chi connectivity index (χ0v) is 9.52. The Morgan fingerprint density at radius 2 is 2.56 bits per heavy atom. The van der Waals surface area contributed by atoms with Crippen molar-refractivity contribution in [2.45, 2.75) is 18.9 Å². The summed E-state index contributed by atoms with van der Waals surface area (Å²) in [5.41, 5.74) is -0.217. The van der Waals surface area contributed by atoms with Crippen molar-refractivity contribution in [1.82, 2.24) is 20.3 Å². The normalized spacial score (nSPS) is 26.4. The number of H-pyrrole nitrogens is 1. The Bertz CT molecular complexity index is 317. The van der Waals surface area contributed by atoms with Crippen molar-refractivity contribution in [3.05, 3.63) is 11.9 Å². The third-order valence-electron chi connectivity index (χ3n) is 2.97. The molecule has 1 aromatic rings. The minimum absolute atomic E-state index is 0.604. The van der Waals surface area contributed by atoms with Gasteiger partial charge in [-0.05, 0) is 13.3 Å². The SMILES string of the molecule is CCOCCN1CCC(O)(c2cn[nH]n2)C1. The van der Waals surface area contributed by atoms with Crippen LogP contribution in [0, 0.1) is 0 Å². The molecule has 1 unspecified atom stereocenters. The lowest BCUT2D eigenvalue weighted by molar-refractivity contribution is 0.0370. The smallest absolute Gasteiger partial charge is 0.124 e. The maximum absolute atomic E-state index is 10.4. The molecule has 1 saturated heterocycles. The first-order chi connectivity index (χ1) is 7.74. The number of aromatic amines is 1. The summed E-state index contributed by atoms with van der Waals surface area (Å²) in [6.45, 7) is 5.76. The van der Waals surface area contributed by atoms with E-state index in [0.29, 0.717) is 25.3 Å². The third kappa shape index (κ3) is 2.40. The number of ether oxygens (including phenoxy) is 1. The Morgan fingerprint density at radius 3 is 3.25 bits per heavy atom. The van der Waals surface area contributed by atoms with Gasteiger partial charge in [0.1, 0.15) is 11.3 Å². The minimum Gasteiger partial charge on any atom is -0.382 e. The maximum atomic E-state index is 10.4. The molecule has 1 aromatic heterocycles. The number of hydrogen-bond acceptors (Lipinski definition) is 5. The topological polar surface area (TPSA) is 74.3 Å². The van der Waals surface area contributed by atoms with E-state index in [4.69, 9.17) is 4.74 Å². The van der Waals surface area contributed by atoms with Crippen LogP contribution in [-0.2, 0) is 10.3 Å². The number of rotatable bonds is 5. The van der Waals surface area contributed by atoms with Gasteiger partial charge in [-0.15, -0.1) is 0 Å². The molecular formula is C10H18N4O2. The molecule has 0 bridgehead atoms. The molecule has 0 radical (unpaired) electrons. The molecule has 2 heterocycles. The number of nitrogens with one attached hydrogen (secondary N) is 1. The molecule has 0 amide bonds. The second kappa shape index (κ2) is 4.90. The fourth-order valence-electron chi connectivity index (χ4n) is 2.03. The fourth-order valence-corrected chi connectivity index (χ4v) is 2.03. The van der Waals surface area contributed by atoms with Crippen LogP contribution in [-0.4, -0.2) is 58.3 Å². The van der Waals surface area contributed by atoms with Gasteiger partial charge in [-0.3, -0.25) is 4.90 Å². The van der Waals surface area contributed by atoms with E-state index in [9.17, 15) is 5.11 Å². The Morgan fingerprint density at radius 1 is 1.69 bits per heavy atom. The minimum atomic E-state index is -0.848. The number of β-amino-alcohol motifs (C(OH)–C–C–N with tert-alkyl or cyclic N) is 1. The molecular weight excluding hydrogens is 208 g/mol. The summed E-state index contributed by atoms with van der Waals surface area (Å²) in [7, 11) is 0. The van der Waals surface area contributed by atoms with E-state index in [-0.39, 0.29) is 0 Å². The van der Waals surface area contributed by atoms with Crippen molar-refractivity contribution < 1.29 is 9.84 Å². The van der Waals surface area contributed by atoms with Gasteiger partial charge in [0.05, 0.1) is 12.8 Å². The van der Waals surface area contributed by atoms with E-state index in [1.165, 1.54) is 0 Å². The highest BCUT2D eigenvalue weighted by molar-refractivity contribution is 5.10. The van der Waals surface area contributed by atoms with Crippen LogP contribution in [0.5, 0.6) is 0 Å². The van der Waals surface area contributed by atoms with Crippen molar-refractivity contribution in [2.24, 2.45) is 0 Å². The largest absolute Gasteiger partial charge is 0.382 e. The molecule has 2 N–H and O–H groups in total. The first-order valence-corrected chi connectivity index (χ1v) is 5.63. The van der Waals surface area contributed by atoms with Gasteiger partial charge >= 0.3 is 0 Å². The number of aliphatic hydroxyl groups is 1. The predicted molar refractivity (Wildman–Crippen MR) is 57.8 cm³/mol. The lowest BCUT2D eigenvalue weighted by Crippen LogP contribution is -2.32. The van der Waals surface area contributed by atoms with Gasteiger partial charge in [0.15, 0.2) is 0 Å². The molecule has 1 fully saturated rings.